The third-order valence-corrected chi connectivity index (χ3v) is 4.94. The van der Waals surface area contributed by atoms with Gasteiger partial charge in [-0.2, -0.15) is 0 Å². The maximum Gasteiger partial charge on any atom is 0.221 e. The molecule has 1 aliphatic carbocycles. The minimum absolute atomic E-state index is 0.126. The number of rotatable bonds is 5. The molecule has 0 aromatic rings. The summed E-state index contributed by atoms with van der Waals surface area (Å²) < 4.78 is 0. The van der Waals surface area contributed by atoms with Crippen LogP contribution in [0.2, 0.25) is 0 Å². The van der Waals surface area contributed by atoms with E-state index in [4.69, 9.17) is 0 Å². The van der Waals surface area contributed by atoms with Crippen LogP contribution in [-0.2, 0) is 4.79 Å². The van der Waals surface area contributed by atoms with Crippen LogP contribution >= 0.6 is 0 Å². The molecule has 2 fully saturated rings. The Morgan fingerprint density at radius 2 is 1.95 bits per heavy atom. The van der Waals surface area contributed by atoms with Crippen LogP contribution in [0.25, 0.3) is 0 Å². The molecule has 1 amide bonds. The van der Waals surface area contributed by atoms with Crippen LogP contribution < -0.4 is 5.32 Å². The number of aliphatic hydroxyl groups is 1. The zero-order chi connectivity index (χ0) is 14.4. The number of piperidine rings is 1. The second-order valence-corrected chi connectivity index (χ2v) is 6.32. The minimum atomic E-state index is -0.126. The molecule has 0 aromatic heterocycles. The van der Waals surface area contributed by atoms with Crippen molar-refractivity contribution in [2.24, 2.45) is 5.92 Å². The molecule has 116 valence electrons. The van der Waals surface area contributed by atoms with Crippen LogP contribution in [0.5, 0.6) is 0 Å². The molecule has 0 bridgehead atoms. The zero-order valence-electron chi connectivity index (χ0n) is 12.8. The fraction of sp³-hybridized carbons (Fsp3) is 0.938. The van der Waals surface area contributed by atoms with Gasteiger partial charge in [-0.05, 0) is 39.2 Å². The Kier molecular flexibility index (Phi) is 6.30. The standard InChI is InChI=1S/C16H30N2O2/c1-2-17-16(20)10-12-18-11-6-5-8-14(18)13-7-3-4-9-15(13)19/h13-15,19H,2-12H2,1H3,(H,17,20). The maximum atomic E-state index is 11.6. The van der Waals surface area contributed by atoms with E-state index in [0.717, 1.165) is 25.9 Å². The number of aliphatic hydroxyl groups excluding tert-OH is 1. The van der Waals surface area contributed by atoms with Crippen molar-refractivity contribution in [3.8, 4) is 0 Å². The van der Waals surface area contributed by atoms with E-state index in [1.54, 1.807) is 0 Å². The van der Waals surface area contributed by atoms with Crippen molar-refractivity contribution in [1.82, 2.24) is 10.2 Å². The van der Waals surface area contributed by atoms with Gasteiger partial charge in [-0.15, -0.1) is 0 Å². The SMILES string of the molecule is CCNC(=O)CCN1CCCCC1C1CCCCC1O. The van der Waals surface area contributed by atoms with Gasteiger partial charge >= 0.3 is 0 Å². The molecule has 20 heavy (non-hydrogen) atoms. The van der Waals surface area contributed by atoms with Gasteiger partial charge in [0, 0.05) is 31.5 Å². The fourth-order valence-electron chi connectivity index (χ4n) is 3.90. The first-order valence-electron chi connectivity index (χ1n) is 8.41. The largest absolute Gasteiger partial charge is 0.393 e. The molecular formula is C16H30N2O2. The lowest BCUT2D eigenvalue weighted by atomic mass is 9.78. The predicted octanol–water partition coefficient (Wildman–Crippen LogP) is 1.92. The van der Waals surface area contributed by atoms with Gasteiger partial charge in [-0.1, -0.05) is 19.3 Å². The zero-order valence-corrected chi connectivity index (χ0v) is 12.8. The number of likely N-dealkylation sites (tertiary alicyclic amines) is 1. The van der Waals surface area contributed by atoms with Gasteiger partial charge in [0.1, 0.15) is 0 Å². The summed E-state index contributed by atoms with van der Waals surface area (Å²) >= 11 is 0. The van der Waals surface area contributed by atoms with Crippen LogP contribution in [0, 0.1) is 5.92 Å². The Morgan fingerprint density at radius 1 is 1.20 bits per heavy atom. The number of nitrogens with one attached hydrogen (secondary N) is 1. The fourth-order valence-corrected chi connectivity index (χ4v) is 3.90. The van der Waals surface area contributed by atoms with E-state index in [-0.39, 0.29) is 12.0 Å². The van der Waals surface area contributed by atoms with Crippen molar-refractivity contribution in [2.45, 2.75) is 70.4 Å². The van der Waals surface area contributed by atoms with Crippen molar-refractivity contribution in [3.63, 3.8) is 0 Å². The summed E-state index contributed by atoms with van der Waals surface area (Å²) in [5.74, 6) is 0.583. The van der Waals surface area contributed by atoms with Gasteiger partial charge in [-0.25, -0.2) is 0 Å². The highest BCUT2D eigenvalue weighted by Crippen LogP contribution is 2.34. The molecule has 0 aromatic carbocycles. The number of hydrogen-bond donors (Lipinski definition) is 2. The lowest BCUT2D eigenvalue weighted by Crippen LogP contribution is -2.49. The molecule has 4 heteroatoms. The molecule has 3 unspecified atom stereocenters. The summed E-state index contributed by atoms with van der Waals surface area (Å²) in [6.45, 7) is 4.61. The van der Waals surface area contributed by atoms with E-state index in [9.17, 15) is 9.90 Å². The van der Waals surface area contributed by atoms with Gasteiger partial charge in [0.15, 0.2) is 0 Å². The van der Waals surface area contributed by atoms with Gasteiger partial charge in [-0.3, -0.25) is 9.69 Å². The van der Waals surface area contributed by atoms with Gasteiger partial charge < -0.3 is 10.4 Å². The number of carbonyl (C=O) groups excluding carboxylic acids is 1. The smallest absolute Gasteiger partial charge is 0.221 e. The van der Waals surface area contributed by atoms with E-state index >= 15 is 0 Å². The van der Waals surface area contributed by atoms with Crippen LogP contribution in [0.1, 0.15) is 58.3 Å². The van der Waals surface area contributed by atoms with Crippen molar-refractivity contribution >= 4 is 5.91 Å². The molecule has 1 saturated heterocycles. The Morgan fingerprint density at radius 3 is 2.70 bits per heavy atom. The number of carbonyl (C=O) groups is 1. The first kappa shape index (κ1) is 15.8. The van der Waals surface area contributed by atoms with Gasteiger partial charge in [0.25, 0.3) is 0 Å². The summed E-state index contributed by atoms with van der Waals surface area (Å²) in [7, 11) is 0. The highest BCUT2D eigenvalue weighted by Gasteiger charge is 2.35. The molecule has 2 rings (SSSR count). The topological polar surface area (TPSA) is 52.6 Å². The van der Waals surface area contributed by atoms with E-state index in [0.29, 0.717) is 24.9 Å². The van der Waals surface area contributed by atoms with Crippen LogP contribution in [0.15, 0.2) is 0 Å². The Hall–Kier alpha value is -0.610. The molecule has 0 spiro atoms. The number of amides is 1. The van der Waals surface area contributed by atoms with Crippen molar-refractivity contribution < 1.29 is 9.90 Å². The second-order valence-electron chi connectivity index (χ2n) is 6.32. The molecule has 0 radical (unpaired) electrons. The summed E-state index contributed by atoms with van der Waals surface area (Å²) in [4.78, 5) is 14.1. The second kappa shape index (κ2) is 7.99. The average molecular weight is 282 g/mol. The molecule has 2 N–H and O–H groups in total. The summed E-state index contributed by atoms with van der Waals surface area (Å²) in [5.41, 5.74) is 0. The van der Waals surface area contributed by atoms with Gasteiger partial charge in [0.05, 0.1) is 6.10 Å². The van der Waals surface area contributed by atoms with Gasteiger partial charge in [0.2, 0.25) is 5.91 Å². The minimum Gasteiger partial charge on any atom is -0.393 e. The van der Waals surface area contributed by atoms with Crippen LogP contribution in [0.4, 0.5) is 0 Å². The van der Waals surface area contributed by atoms with Crippen molar-refractivity contribution in [2.75, 3.05) is 19.6 Å². The van der Waals surface area contributed by atoms with E-state index in [2.05, 4.69) is 10.2 Å². The quantitative estimate of drug-likeness (QED) is 0.810. The highest BCUT2D eigenvalue weighted by molar-refractivity contribution is 5.75. The molecule has 1 aliphatic heterocycles. The van der Waals surface area contributed by atoms with E-state index in [1.165, 1.54) is 32.1 Å². The first-order chi connectivity index (χ1) is 9.72. The highest BCUT2D eigenvalue weighted by atomic mass is 16.3. The number of nitrogens with zero attached hydrogens (tertiary/aromatic N) is 1. The first-order valence-corrected chi connectivity index (χ1v) is 8.41. The molecule has 1 saturated carbocycles. The molecule has 4 nitrogen and oxygen atoms in total. The summed E-state index contributed by atoms with van der Waals surface area (Å²) in [6, 6.07) is 0.494. The average Bonchev–Trinajstić information content (AvgIpc) is 2.46. The van der Waals surface area contributed by atoms with Crippen LogP contribution in [0.3, 0.4) is 0 Å². The summed E-state index contributed by atoms with van der Waals surface area (Å²) in [5, 5.41) is 13.2. The van der Waals surface area contributed by atoms with Crippen LogP contribution in [-0.4, -0.2) is 47.7 Å². The Balaban J connectivity index is 1.89. The third-order valence-electron chi connectivity index (χ3n) is 4.94. The Bertz CT molecular complexity index is 309. The summed E-state index contributed by atoms with van der Waals surface area (Å²) in [6.07, 6.45) is 8.70. The Labute approximate surface area is 122 Å². The number of hydrogen-bond acceptors (Lipinski definition) is 3. The normalized spacial score (nSPS) is 32.0. The molecular weight excluding hydrogens is 252 g/mol. The lowest BCUT2D eigenvalue weighted by Gasteiger charge is -2.43. The lowest BCUT2D eigenvalue weighted by molar-refractivity contribution is -0.121. The molecule has 1 heterocycles. The van der Waals surface area contributed by atoms with Crippen molar-refractivity contribution in [3.05, 3.63) is 0 Å². The van der Waals surface area contributed by atoms with E-state index in [1.807, 2.05) is 6.92 Å². The maximum absolute atomic E-state index is 11.6. The van der Waals surface area contributed by atoms with E-state index < -0.39 is 0 Å². The predicted molar refractivity (Wildman–Crippen MR) is 80.5 cm³/mol. The molecule has 2 aliphatic rings. The van der Waals surface area contributed by atoms with Crippen molar-refractivity contribution in [1.29, 1.82) is 0 Å². The third kappa shape index (κ3) is 4.19. The molecule has 3 atom stereocenters. The monoisotopic (exact) mass is 282 g/mol.